The first kappa shape index (κ1) is 32.2. The zero-order valence-electron chi connectivity index (χ0n) is 24.7. The van der Waals surface area contributed by atoms with Crippen molar-refractivity contribution in [3.63, 3.8) is 0 Å². The topological polar surface area (TPSA) is 174 Å². The Morgan fingerprint density at radius 2 is 1.79 bits per heavy atom. The number of carbonyl (C=O) groups is 3. The lowest BCUT2D eigenvalue weighted by Crippen LogP contribution is -2.63. The maximum absolute atomic E-state index is 13.3. The second kappa shape index (κ2) is 12.7. The fourth-order valence-corrected chi connectivity index (χ4v) is 5.73. The normalized spacial score (nSPS) is 25.5. The summed E-state index contributed by atoms with van der Waals surface area (Å²) in [6, 6.07) is 6.01. The number of methoxy groups -OCH3 is 1. The molecule has 1 aromatic rings. The van der Waals surface area contributed by atoms with Crippen molar-refractivity contribution in [2.24, 2.45) is 17.6 Å². The van der Waals surface area contributed by atoms with Crippen molar-refractivity contribution in [3.8, 4) is 5.75 Å². The smallest absolute Gasteiger partial charge is 0.255 e. The van der Waals surface area contributed by atoms with Gasteiger partial charge in [0.25, 0.3) is 5.91 Å². The van der Waals surface area contributed by atoms with Crippen LogP contribution in [0.4, 0.5) is 0 Å². The fraction of sp³-hybridized carbons (Fsp3) is 0.387. The molecule has 226 valence electrons. The summed E-state index contributed by atoms with van der Waals surface area (Å²) in [4.78, 5) is 39.9. The fourth-order valence-electron chi connectivity index (χ4n) is 5.73. The maximum Gasteiger partial charge on any atom is 0.255 e. The number of rotatable bonds is 10. The quantitative estimate of drug-likeness (QED) is 0.0908. The number of likely N-dealkylation sites (N-methyl/N-ethyl adjacent to an activating group) is 2. The minimum Gasteiger partial charge on any atom is -0.510 e. The Balaban J connectivity index is 2.08. The third-order valence-electron chi connectivity index (χ3n) is 8.04. The average Bonchev–Trinajstić information content (AvgIpc) is 2.93. The van der Waals surface area contributed by atoms with Crippen LogP contribution < -0.4 is 10.5 Å². The summed E-state index contributed by atoms with van der Waals surface area (Å²) in [7, 11) is 8.42. The van der Waals surface area contributed by atoms with Crippen molar-refractivity contribution in [3.05, 3.63) is 82.2 Å². The molecule has 11 heteroatoms. The summed E-state index contributed by atoms with van der Waals surface area (Å²) in [6.07, 6.45) is 5.69. The van der Waals surface area contributed by atoms with Gasteiger partial charge in [-0.05, 0) is 69.1 Å². The molecule has 0 spiro atoms. The third kappa shape index (κ3) is 5.83. The van der Waals surface area contributed by atoms with Gasteiger partial charge in [0.05, 0.1) is 13.2 Å². The number of amides is 1. The largest absolute Gasteiger partial charge is 0.510 e. The molecule has 6 N–H and O–H groups in total. The summed E-state index contributed by atoms with van der Waals surface area (Å²) in [5, 5.41) is 44.4. The Bertz CT molecular complexity index is 1400. The SMILES string of the molecule is COc1ccc(C(=C/C(=C/C[C@H]2C[C@H]3[C@H](N(C)C)C(O)=C(C(N)=O)C(=O)[C@@]3(O)C(O)=C2C)N(C)C)/C(O)=C/C=O)cc1. The first-order valence-electron chi connectivity index (χ1n) is 13.4. The van der Waals surface area contributed by atoms with E-state index < -0.39 is 46.3 Å². The van der Waals surface area contributed by atoms with E-state index in [9.17, 15) is 34.8 Å². The number of aldehydes is 1. The van der Waals surface area contributed by atoms with Crippen LogP contribution in [-0.4, -0.2) is 95.1 Å². The summed E-state index contributed by atoms with van der Waals surface area (Å²) >= 11 is 0. The third-order valence-corrected chi connectivity index (χ3v) is 8.04. The van der Waals surface area contributed by atoms with Gasteiger partial charge in [-0.25, -0.2) is 0 Å². The number of hydrogen-bond acceptors (Lipinski definition) is 10. The number of allylic oxidation sites excluding steroid dienone is 5. The van der Waals surface area contributed by atoms with Gasteiger partial charge in [0.2, 0.25) is 5.78 Å². The Hall–Kier alpha value is -4.35. The van der Waals surface area contributed by atoms with E-state index in [4.69, 9.17) is 10.5 Å². The molecule has 0 heterocycles. The zero-order chi connectivity index (χ0) is 31.5. The molecular weight excluding hydrogens is 542 g/mol. The van der Waals surface area contributed by atoms with Gasteiger partial charge in [0, 0.05) is 37.4 Å². The molecule has 0 aromatic heterocycles. The Kier molecular flexibility index (Phi) is 9.70. The van der Waals surface area contributed by atoms with Gasteiger partial charge < -0.3 is 35.8 Å². The molecule has 0 fully saturated rings. The number of fused-ring (bicyclic) bond motifs is 1. The highest BCUT2D eigenvalue weighted by Crippen LogP contribution is 2.49. The lowest BCUT2D eigenvalue weighted by molar-refractivity contribution is -0.148. The van der Waals surface area contributed by atoms with E-state index in [1.165, 1.54) is 0 Å². The number of benzene rings is 1. The minimum absolute atomic E-state index is 0.194. The first-order chi connectivity index (χ1) is 19.7. The molecule has 4 atom stereocenters. The van der Waals surface area contributed by atoms with Crippen LogP contribution in [0.5, 0.6) is 5.75 Å². The van der Waals surface area contributed by atoms with Gasteiger partial charge in [-0.1, -0.05) is 18.2 Å². The molecule has 0 radical (unpaired) electrons. The summed E-state index contributed by atoms with van der Waals surface area (Å²) in [5.41, 5.74) is 4.28. The predicted octanol–water partition coefficient (Wildman–Crippen LogP) is 2.56. The van der Waals surface area contributed by atoms with E-state index in [1.54, 1.807) is 63.4 Å². The molecule has 0 saturated heterocycles. The van der Waals surface area contributed by atoms with E-state index in [2.05, 4.69) is 0 Å². The van der Waals surface area contributed by atoms with Crippen LogP contribution in [0.1, 0.15) is 25.3 Å². The van der Waals surface area contributed by atoms with Crippen molar-refractivity contribution in [2.45, 2.75) is 31.4 Å². The maximum atomic E-state index is 13.3. The molecule has 0 unspecified atom stereocenters. The van der Waals surface area contributed by atoms with Crippen LogP contribution in [0.3, 0.4) is 0 Å². The van der Waals surface area contributed by atoms with Gasteiger partial charge in [-0.2, -0.15) is 0 Å². The highest BCUT2D eigenvalue weighted by molar-refractivity contribution is 6.23. The van der Waals surface area contributed by atoms with Gasteiger partial charge in [0.15, 0.2) is 5.60 Å². The highest BCUT2D eigenvalue weighted by Gasteiger charge is 2.61. The molecule has 1 aromatic carbocycles. The van der Waals surface area contributed by atoms with Crippen LogP contribution in [0.2, 0.25) is 0 Å². The molecular formula is C31H39N3O8. The van der Waals surface area contributed by atoms with E-state index in [0.717, 1.165) is 6.08 Å². The molecule has 2 aliphatic rings. The summed E-state index contributed by atoms with van der Waals surface area (Å²) in [5.74, 6) is -4.35. The van der Waals surface area contributed by atoms with Crippen molar-refractivity contribution >= 4 is 23.5 Å². The van der Waals surface area contributed by atoms with Crippen LogP contribution in [0.15, 0.2) is 76.6 Å². The number of ether oxygens (including phenoxy) is 1. The van der Waals surface area contributed by atoms with Crippen molar-refractivity contribution in [1.82, 2.24) is 9.80 Å². The van der Waals surface area contributed by atoms with Crippen molar-refractivity contribution in [2.75, 3.05) is 35.3 Å². The number of ketones is 1. The predicted molar refractivity (Wildman–Crippen MR) is 157 cm³/mol. The van der Waals surface area contributed by atoms with Crippen molar-refractivity contribution in [1.29, 1.82) is 0 Å². The Morgan fingerprint density at radius 3 is 2.29 bits per heavy atom. The number of nitrogens with zero attached hydrogens (tertiary/aromatic N) is 2. The Morgan fingerprint density at radius 1 is 1.17 bits per heavy atom. The van der Waals surface area contributed by atoms with Gasteiger partial charge in [-0.15, -0.1) is 0 Å². The molecule has 2 aliphatic carbocycles. The van der Waals surface area contributed by atoms with Gasteiger partial charge in [-0.3, -0.25) is 19.3 Å². The first-order valence-corrected chi connectivity index (χ1v) is 13.4. The molecule has 11 nitrogen and oxygen atoms in total. The second-order valence-corrected chi connectivity index (χ2v) is 10.9. The summed E-state index contributed by atoms with van der Waals surface area (Å²) < 4.78 is 5.22. The van der Waals surface area contributed by atoms with Crippen LogP contribution in [-0.2, 0) is 14.4 Å². The number of hydrogen-bond donors (Lipinski definition) is 5. The number of Topliss-reactive ketones (excluding diaryl/α,β-unsaturated/α-hetero) is 1. The summed E-state index contributed by atoms with van der Waals surface area (Å²) in [6.45, 7) is 1.61. The molecule has 1 amide bonds. The van der Waals surface area contributed by atoms with Crippen LogP contribution in [0, 0.1) is 11.8 Å². The van der Waals surface area contributed by atoms with E-state index in [1.807, 2.05) is 25.1 Å². The zero-order valence-corrected chi connectivity index (χ0v) is 24.7. The molecule has 0 aliphatic heterocycles. The molecule has 0 saturated carbocycles. The van der Waals surface area contributed by atoms with Gasteiger partial charge >= 0.3 is 0 Å². The average molecular weight is 582 g/mol. The van der Waals surface area contributed by atoms with Crippen molar-refractivity contribution < 1.29 is 39.5 Å². The lowest BCUT2D eigenvalue weighted by atomic mass is 9.61. The number of carbonyl (C=O) groups excluding carboxylic acids is 3. The van der Waals surface area contributed by atoms with Gasteiger partial charge in [0.1, 0.15) is 34.9 Å². The Labute approximate surface area is 245 Å². The monoisotopic (exact) mass is 581 g/mol. The lowest BCUT2D eigenvalue weighted by Gasteiger charge is -2.49. The van der Waals surface area contributed by atoms with Crippen LogP contribution in [0.25, 0.3) is 5.57 Å². The molecule has 42 heavy (non-hydrogen) atoms. The van der Waals surface area contributed by atoms with Crippen LogP contribution >= 0.6 is 0 Å². The van der Waals surface area contributed by atoms with E-state index in [0.29, 0.717) is 40.9 Å². The number of aliphatic hydroxyl groups excluding tert-OH is 3. The number of nitrogens with two attached hydrogens (primary N) is 1. The van der Waals surface area contributed by atoms with E-state index in [-0.39, 0.29) is 18.1 Å². The minimum atomic E-state index is -2.42. The number of aliphatic hydroxyl groups is 4. The molecule has 0 bridgehead atoms. The van der Waals surface area contributed by atoms with E-state index >= 15 is 0 Å². The second-order valence-electron chi connectivity index (χ2n) is 10.9. The standard InChI is InChI=1S/C31H39N3O8/c1-17-19(15-23-26(34(4)5)27(37)25(30(32)40)29(39)31(23,41)28(17)38)7-10-20(33(2)3)16-22(24(36)13-14-35)18-8-11-21(42-6)12-9-18/h8-14,16,19,23,26,36-38,41H,7,15H2,1-6H3,(H2,32,40)/b20-10-,22-16-,24-13-/t19-,23-,26-,31-/m0/s1. The molecule has 3 rings (SSSR count). The highest BCUT2D eigenvalue weighted by atomic mass is 16.5. The number of primary amides is 1.